The molecule has 32 heavy (non-hydrogen) atoms. The molecule has 0 radical (unpaired) electrons. The van der Waals surface area contributed by atoms with Gasteiger partial charge in [0.25, 0.3) is 5.91 Å². The predicted octanol–water partition coefficient (Wildman–Crippen LogP) is 3.77. The lowest BCUT2D eigenvalue weighted by molar-refractivity contribution is -0.198. The summed E-state index contributed by atoms with van der Waals surface area (Å²) in [5, 5.41) is 6.24. The monoisotopic (exact) mass is 556 g/mol. The van der Waals surface area contributed by atoms with Gasteiger partial charge in [0, 0.05) is 31.8 Å². The maximum Gasteiger partial charge on any atom is 0.267 e. The van der Waals surface area contributed by atoms with Gasteiger partial charge in [-0.3, -0.25) is 9.59 Å². The molecule has 9 heteroatoms. The van der Waals surface area contributed by atoms with Crippen LogP contribution in [-0.4, -0.2) is 42.3 Å². The van der Waals surface area contributed by atoms with Crippen molar-refractivity contribution in [1.29, 1.82) is 0 Å². The third-order valence-electron chi connectivity index (χ3n) is 5.75. The van der Waals surface area contributed by atoms with Crippen molar-refractivity contribution in [3.8, 4) is 0 Å². The number of hydrogen-bond acceptors (Lipinski definition) is 6. The first kappa shape index (κ1) is 24.9. The molecule has 0 bridgehead atoms. The second-order valence-corrected chi connectivity index (χ2v) is 9.59. The van der Waals surface area contributed by atoms with Crippen LogP contribution >= 0.6 is 22.6 Å². The Morgan fingerprint density at radius 2 is 2.03 bits per heavy atom. The number of pyridine rings is 1. The molecule has 1 aliphatic carbocycles. The molecule has 8 nitrogen and oxygen atoms in total. The third-order valence-corrected chi connectivity index (χ3v) is 6.58. The van der Waals surface area contributed by atoms with E-state index >= 15 is 0 Å². The smallest absolute Gasteiger partial charge is 0.267 e. The lowest BCUT2D eigenvalue weighted by Crippen LogP contribution is -2.40. The Kier molecular flexibility index (Phi) is 10.2. The highest BCUT2D eigenvalue weighted by Gasteiger charge is 2.18. The molecule has 1 unspecified atom stereocenters. The van der Waals surface area contributed by atoms with Crippen LogP contribution in [-0.2, 0) is 19.2 Å². The summed E-state index contributed by atoms with van der Waals surface area (Å²) in [5.74, 6) is 0.864. The molecular formula is C23H33IN4O4. The number of rotatable bonds is 9. The number of nitrogens with one attached hydrogen (secondary N) is 3. The second-order valence-electron chi connectivity index (χ2n) is 8.43. The standard InChI is InChI=1S/C23H33IN4O4/c1-16(23(30)26-14-17-7-3-2-4-8-17)27-22-19(24)13-18(15-25-22)10-11-20(29)28-32-21-9-5-6-12-31-21/h10-11,13,15-17,21H,2-9,12,14H2,1H3,(H,25,27)(H,26,30)(H,28,29)/b11-10+/t16-,21?/m1/s1. The van der Waals surface area contributed by atoms with Crippen LogP contribution in [0.4, 0.5) is 5.82 Å². The average molecular weight is 556 g/mol. The Morgan fingerprint density at radius 1 is 1.25 bits per heavy atom. The van der Waals surface area contributed by atoms with Crippen molar-refractivity contribution in [3.63, 3.8) is 0 Å². The van der Waals surface area contributed by atoms with Gasteiger partial charge in [0.2, 0.25) is 5.91 Å². The van der Waals surface area contributed by atoms with Gasteiger partial charge in [-0.25, -0.2) is 15.3 Å². The SMILES string of the molecule is C[C@@H](Nc1ncc(/C=C/C(=O)NOC2CCCCO2)cc1I)C(=O)NCC1CCCCC1. The van der Waals surface area contributed by atoms with E-state index in [0.29, 0.717) is 18.3 Å². The molecule has 2 amide bonds. The summed E-state index contributed by atoms with van der Waals surface area (Å²) in [4.78, 5) is 34.1. The number of hydroxylamine groups is 1. The highest BCUT2D eigenvalue weighted by Crippen LogP contribution is 2.23. The molecule has 1 aromatic heterocycles. The Hall–Kier alpha value is -1.72. The van der Waals surface area contributed by atoms with Crippen LogP contribution in [0.1, 0.15) is 63.9 Å². The van der Waals surface area contributed by atoms with E-state index in [1.54, 1.807) is 12.3 Å². The highest BCUT2D eigenvalue weighted by atomic mass is 127. The summed E-state index contributed by atoms with van der Waals surface area (Å²) in [7, 11) is 0. The second kappa shape index (κ2) is 13.1. The number of anilines is 1. The fourth-order valence-corrected chi connectivity index (χ4v) is 4.50. The molecule has 1 saturated carbocycles. The first-order chi connectivity index (χ1) is 15.5. The molecular weight excluding hydrogens is 523 g/mol. The van der Waals surface area contributed by atoms with Gasteiger partial charge in [0.1, 0.15) is 11.9 Å². The lowest BCUT2D eigenvalue weighted by Gasteiger charge is -2.23. The van der Waals surface area contributed by atoms with Gasteiger partial charge >= 0.3 is 0 Å². The van der Waals surface area contributed by atoms with E-state index in [4.69, 9.17) is 9.57 Å². The molecule has 0 aromatic carbocycles. The predicted molar refractivity (Wildman–Crippen MR) is 131 cm³/mol. The summed E-state index contributed by atoms with van der Waals surface area (Å²) in [5.41, 5.74) is 3.17. The maximum atomic E-state index is 12.4. The van der Waals surface area contributed by atoms with Crippen LogP contribution in [0.3, 0.4) is 0 Å². The van der Waals surface area contributed by atoms with E-state index in [-0.39, 0.29) is 24.1 Å². The Morgan fingerprint density at radius 3 is 2.75 bits per heavy atom. The maximum absolute atomic E-state index is 12.4. The van der Waals surface area contributed by atoms with Crippen molar-refractivity contribution in [1.82, 2.24) is 15.8 Å². The minimum atomic E-state index is -0.383. The van der Waals surface area contributed by atoms with Crippen LogP contribution in [0.15, 0.2) is 18.3 Å². The van der Waals surface area contributed by atoms with E-state index in [2.05, 4.69) is 43.7 Å². The van der Waals surface area contributed by atoms with E-state index in [9.17, 15) is 9.59 Å². The Balaban J connectivity index is 1.43. The highest BCUT2D eigenvalue weighted by molar-refractivity contribution is 14.1. The van der Waals surface area contributed by atoms with Gasteiger partial charge in [-0.2, -0.15) is 0 Å². The molecule has 0 spiro atoms. The fraction of sp³-hybridized carbons (Fsp3) is 0.609. The van der Waals surface area contributed by atoms with Gasteiger partial charge in [-0.05, 0) is 78.8 Å². The van der Waals surface area contributed by atoms with Crippen molar-refractivity contribution in [2.45, 2.75) is 70.6 Å². The number of hydrogen-bond donors (Lipinski definition) is 3. The first-order valence-electron chi connectivity index (χ1n) is 11.5. The number of carbonyl (C=O) groups is 2. The number of ether oxygens (including phenoxy) is 1. The molecule has 2 heterocycles. The van der Waals surface area contributed by atoms with Crippen LogP contribution in [0.2, 0.25) is 0 Å². The number of amides is 2. The molecule has 1 saturated heterocycles. The topological polar surface area (TPSA) is 102 Å². The van der Waals surface area contributed by atoms with Crippen molar-refractivity contribution < 1.29 is 19.2 Å². The zero-order chi connectivity index (χ0) is 22.8. The molecule has 3 N–H and O–H groups in total. The summed E-state index contributed by atoms with van der Waals surface area (Å²) in [6.07, 6.45) is 13.4. The quantitative estimate of drug-likeness (QED) is 0.243. The van der Waals surface area contributed by atoms with Crippen LogP contribution in [0.5, 0.6) is 0 Å². The van der Waals surface area contributed by atoms with Gasteiger partial charge in [-0.15, -0.1) is 0 Å². The Bertz CT molecular complexity index is 792. The van der Waals surface area contributed by atoms with Gasteiger partial charge < -0.3 is 15.4 Å². The summed E-state index contributed by atoms with van der Waals surface area (Å²) in [6.45, 7) is 3.24. The minimum absolute atomic E-state index is 0.0178. The summed E-state index contributed by atoms with van der Waals surface area (Å²) in [6, 6.07) is 1.52. The largest absolute Gasteiger partial charge is 0.358 e. The first-order valence-corrected chi connectivity index (χ1v) is 12.5. The normalized spacial score (nSPS) is 20.6. The van der Waals surface area contributed by atoms with Gasteiger partial charge in [0.15, 0.2) is 6.29 Å². The zero-order valence-corrected chi connectivity index (χ0v) is 20.7. The molecule has 176 valence electrons. The molecule has 2 atom stereocenters. The van der Waals surface area contributed by atoms with Crippen molar-refractivity contribution in [2.75, 3.05) is 18.5 Å². The Labute approximate surface area is 203 Å². The van der Waals surface area contributed by atoms with Crippen molar-refractivity contribution in [2.24, 2.45) is 5.92 Å². The van der Waals surface area contributed by atoms with Crippen LogP contribution < -0.4 is 16.1 Å². The van der Waals surface area contributed by atoms with Gasteiger partial charge in [-0.1, -0.05) is 19.3 Å². The zero-order valence-electron chi connectivity index (χ0n) is 18.6. The lowest BCUT2D eigenvalue weighted by atomic mass is 9.89. The van der Waals surface area contributed by atoms with E-state index in [0.717, 1.165) is 34.9 Å². The molecule has 1 aliphatic heterocycles. The van der Waals surface area contributed by atoms with E-state index < -0.39 is 0 Å². The van der Waals surface area contributed by atoms with Crippen molar-refractivity contribution in [3.05, 3.63) is 27.5 Å². The van der Waals surface area contributed by atoms with Crippen molar-refractivity contribution >= 4 is 46.3 Å². The minimum Gasteiger partial charge on any atom is -0.358 e. The molecule has 2 fully saturated rings. The summed E-state index contributed by atoms with van der Waals surface area (Å²) >= 11 is 2.17. The number of carbonyl (C=O) groups excluding carboxylic acids is 2. The van der Waals surface area contributed by atoms with Crippen LogP contribution in [0, 0.1) is 9.49 Å². The number of halogens is 1. The number of nitrogens with zero attached hydrogens (tertiary/aromatic N) is 1. The molecule has 3 rings (SSSR count). The molecule has 1 aromatic rings. The average Bonchev–Trinajstić information content (AvgIpc) is 2.82. The summed E-state index contributed by atoms with van der Waals surface area (Å²) < 4.78 is 6.27. The third kappa shape index (κ3) is 8.32. The van der Waals surface area contributed by atoms with E-state index in [1.165, 1.54) is 38.2 Å². The molecule has 2 aliphatic rings. The number of aromatic nitrogens is 1. The van der Waals surface area contributed by atoms with E-state index in [1.807, 2.05) is 13.0 Å². The van der Waals surface area contributed by atoms with Crippen LogP contribution in [0.25, 0.3) is 6.08 Å². The fourth-order valence-electron chi connectivity index (χ4n) is 3.84. The van der Waals surface area contributed by atoms with Gasteiger partial charge in [0.05, 0.1) is 3.57 Å².